The Balaban J connectivity index is 1.98. The van der Waals surface area contributed by atoms with Crippen molar-refractivity contribution in [2.24, 2.45) is 0 Å². The summed E-state index contributed by atoms with van der Waals surface area (Å²) in [7, 11) is -3.56. The second-order valence-electron chi connectivity index (χ2n) is 4.20. The Morgan fingerprint density at radius 2 is 1.76 bits per heavy atom. The molecule has 0 atom stereocenters. The average Bonchev–Trinajstić information content (AvgIpc) is 2.54. The minimum absolute atomic E-state index is 0.0739. The molecule has 0 amide bonds. The molecule has 0 unspecified atom stereocenters. The first-order valence-corrected chi connectivity index (χ1v) is 9.41. The molecule has 0 fully saturated rings. The molecule has 0 aliphatic carbocycles. The third-order valence-corrected chi connectivity index (χ3v) is 5.00. The fourth-order valence-corrected chi connectivity index (χ4v) is 3.36. The molecule has 1 aromatic carbocycles. The highest BCUT2D eigenvalue weighted by Gasteiger charge is 2.15. The lowest BCUT2D eigenvalue weighted by atomic mass is 10.3. The van der Waals surface area contributed by atoms with Crippen LogP contribution in [0.1, 0.15) is 0 Å². The predicted molar refractivity (Wildman–Crippen MR) is 90.0 cm³/mol. The van der Waals surface area contributed by atoms with Crippen molar-refractivity contribution in [1.29, 1.82) is 0 Å². The van der Waals surface area contributed by atoms with E-state index in [-0.39, 0.29) is 33.8 Å². The molecule has 0 bridgehead atoms. The second kappa shape index (κ2) is 9.45. The normalized spacial score (nSPS) is 11.5. The summed E-state index contributed by atoms with van der Waals surface area (Å²) in [6.07, 6.45) is 0. The number of aromatic nitrogens is 3. The third kappa shape index (κ3) is 6.52. The summed E-state index contributed by atoms with van der Waals surface area (Å²) >= 11 is 11.7. The lowest BCUT2D eigenvalue weighted by molar-refractivity contribution is -0.434. The first-order chi connectivity index (χ1) is 11.9. The number of hydrogen-bond donors (Lipinski definition) is 2. The van der Waals surface area contributed by atoms with Gasteiger partial charge in [0.15, 0.2) is 22.2 Å². The Bertz CT molecular complexity index is 788. The number of rotatable bonds is 9. The molecule has 2 rings (SSSR count). The van der Waals surface area contributed by atoms with E-state index < -0.39 is 9.84 Å². The molecule has 10 nitrogen and oxygen atoms in total. The number of benzene rings is 1. The van der Waals surface area contributed by atoms with Gasteiger partial charge < -0.3 is 5.32 Å². The summed E-state index contributed by atoms with van der Waals surface area (Å²) in [4.78, 5) is 11.4. The van der Waals surface area contributed by atoms with Crippen LogP contribution < -0.4 is 5.32 Å². The zero-order valence-corrected chi connectivity index (χ0v) is 15.3. The Hall–Kier alpha value is -1.25. The molecule has 0 radical (unpaired) electrons. The Morgan fingerprint density at radius 1 is 1.12 bits per heavy atom. The van der Waals surface area contributed by atoms with Gasteiger partial charge in [0, 0.05) is 5.69 Å². The van der Waals surface area contributed by atoms with E-state index in [0.29, 0.717) is 18.0 Å². The van der Waals surface area contributed by atoms with Crippen molar-refractivity contribution in [3.63, 3.8) is 0 Å². The van der Waals surface area contributed by atoms with Crippen LogP contribution in [0.3, 0.4) is 0 Å². The van der Waals surface area contributed by atoms with Gasteiger partial charge in [-0.2, -0.15) is 15.0 Å². The molecule has 136 valence electrons. The van der Waals surface area contributed by atoms with E-state index >= 15 is 0 Å². The Kier molecular flexibility index (Phi) is 7.58. The monoisotopic (exact) mass is 428 g/mol. The highest BCUT2D eigenvalue weighted by Crippen LogP contribution is 2.19. The molecule has 0 saturated heterocycles. The SMILES string of the molecule is O=S(=O)(CCOSOOO)c1ccc(Nc2nc(Cl)nc(Cl)n2)cc1. The van der Waals surface area contributed by atoms with E-state index in [1.165, 1.54) is 24.3 Å². The molecule has 2 aromatic rings. The molecular weight excluding hydrogens is 419 g/mol. The fourth-order valence-electron chi connectivity index (χ4n) is 1.58. The summed E-state index contributed by atoms with van der Waals surface area (Å²) in [5, 5.41) is 13.9. The van der Waals surface area contributed by atoms with Crippen LogP contribution in [0.2, 0.25) is 10.6 Å². The number of anilines is 2. The van der Waals surface area contributed by atoms with E-state index in [1.807, 2.05) is 0 Å². The number of halogens is 2. The van der Waals surface area contributed by atoms with Gasteiger partial charge in [-0.25, -0.2) is 13.7 Å². The summed E-state index contributed by atoms with van der Waals surface area (Å²) < 4.78 is 32.9. The zero-order chi connectivity index (χ0) is 18.3. The quantitative estimate of drug-likeness (QED) is 0.264. The largest absolute Gasteiger partial charge is 0.324 e. The molecule has 1 aromatic heterocycles. The first kappa shape index (κ1) is 20.1. The van der Waals surface area contributed by atoms with Gasteiger partial charge in [-0.1, -0.05) is 5.04 Å². The summed E-state index contributed by atoms with van der Waals surface area (Å²) in [6.45, 7) is -0.168. The van der Waals surface area contributed by atoms with Gasteiger partial charge in [-0.3, -0.25) is 4.18 Å². The van der Waals surface area contributed by atoms with Crippen molar-refractivity contribution in [1.82, 2.24) is 15.0 Å². The predicted octanol–water partition coefficient (Wildman–Crippen LogP) is 2.70. The second-order valence-corrected chi connectivity index (χ2v) is 7.49. The van der Waals surface area contributed by atoms with Crippen molar-refractivity contribution in [2.45, 2.75) is 4.90 Å². The molecule has 0 aliphatic rings. The lowest BCUT2D eigenvalue weighted by Crippen LogP contribution is -2.11. The van der Waals surface area contributed by atoms with Crippen molar-refractivity contribution in [3.8, 4) is 0 Å². The van der Waals surface area contributed by atoms with Gasteiger partial charge in [0.05, 0.1) is 17.3 Å². The summed E-state index contributed by atoms with van der Waals surface area (Å²) in [6, 6.07) is 5.86. The molecule has 1 heterocycles. The van der Waals surface area contributed by atoms with Crippen LogP contribution in [-0.4, -0.2) is 41.0 Å². The standard InChI is InChI=1S/C11H10Cl2N4O6S2/c12-9-15-10(13)17-11(16-9)14-7-1-3-8(4-2-7)25(19,20)6-5-21-24-23-22-18/h1-4,18H,5-6H2,(H,14,15,16,17). The topological polar surface area (TPSA) is 133 Å². The van der Waals surface area contributed by atoms with E-state index in [9.17, 15) is 8.42 Å². The molecular formula is C11H10Cl2N4O6S2. The fraction of sp³-hybridized carbons (Fsp3) is 0.182. The van der Waals surface area contributed by atoms with E-state index in [2.05, 4.69) is 29.6 Å². The van der Waals surface area contributed by atoms with Gasteiger partial charge in [-0.15, -0.1) is 4.33 Å². The van der Waals surface area contributed by atoms with Crippen molar-refractivity contribution < 1.29 is 27.2 Å². The van der Waals surface area contributed by atoms with Crippen molar-refractivity contribution in [3.05, 3.63) is 34.8 Å². The van der Waals surface area contributed by atoms with Crippen LogP contribution in [0.4, 0.5) is 11.6 Å². The maximum Gasteiger partial charge on any atom is 0.232 e. The van der Waals surface area contributed by atoms with Gasteiger partial charge >= 0.3 is 0 Å². The summed E-state index contributed by atoms with van der Waals surface area (Å²) in [5.74, 6) is -0.169. The van der Waals surface area contributed by atoms with Gasteiger partial charge in [-0.05, 0) is 47.5 Å². The highest BCUT2D eigenvalue weighted by atomic mass is 35.5. The minimum atomic E-state index is -3.56. The van der Waals surface area contributed by atoms with E-state index in [1.54, 1.807) is 0 Å². The smallest absolute Gasteiger partial charge is 0.232 e. The van der Waals surface area contributed by atoms with Gasteiger partial charge in [0.1, 0.15) is 0 Å². The van der Waals surface area contributed by atoms with Crippen molar-refractivity contribution in [2.75, 3.05) is 17.7 Å². The molecule has 14 heteroatoms. The first-order valence-electron chi connectivity index (χ1n) is 6.34. The Labute approximate surface area is 156 Å². The van der Waals surface area contributed by atoms with Crippen LogP contribution in [0.25, 0.3) is 0 Å². The minimum Gasteiger partial charge on any atom is -0.324 e. The van der Waals surface area contributed by atoms with Crippen LogP contribution >= 0.6 is 35.5 Å². The zero-order valence-electron chi connectivity index (χ0n) is 12.1. The summed E-state index contributed by atoms with van der Waals surface area (Å²) in [5.41, 5.74) is 0.526. The van der Waals surface area contributed by atoms with Gasteiger partial charge in [0.2, 0.25) is 16.5 Å². The van der Waals surface area contributed by atoms with Crippen molar-refractivity contribution >= 4 is 57.0 Å². The van der Waals surface area contributed by atoms with Crippen LogP contribution in [0.5, 0.6) is 0 Å². The number of sulfone groups is 1. The Morgan fingerprint density at radius 3 is 2.36 bits per heavy atom. The molecule has 0 aliphatic heterocycles. The van der Waals surface area contributed by atoms with E-state index in [0.717, 1.165) is 0 Å². The molecule has 0 saturated carbocycles. The highest BCUT2D eigenvalue weighted by molar-refractivity contribution is 7.91. The molecule has 0 spiro atoms. The average molecular weight is 429 g/mol. The third-order valence-electron chi connectivity index (χ3n) is 2.59. The molecule has 2 N–H and O–H groups in total. The van der Waals surface area contributed by atoms with Crippen LogP contribution in [0.15, 0.2) is 29.2 Å². The van der Waals surface area contributed by atoms with Gasteiger partial charge in [0.25, 0.3) is 0 Å². The number of hydrogen-bond acceptors (Lipinski definition) is 11. The maximum absolute atomic E-state index is 12.1. The number of nitrogens with zero attached hydrogens (tertiary/aromatic N) is 3. The van der Waals surface area contributed by atoms with Crippen LogP contribution in [0, 0.1) is 0 Å². The maximum atomic E-state index is 12.1. The van der Waals surface area contributed by atoms with E-state index in [4.69, 9.17) is 32.6 Å². The number of nitrogens with one attached hydrogen (secondary N) is 1. The lowest BCUT2D eigenvalue weighted by Gasteiger charge is -2.07. The molecule has 25 heavy (non-hydrogen) atoms. The van der Waals surface area contributed by atoms with Crippen LogP contribution in [-0.2, 0) is 23.4 Å².